The number of nitrogens with two attached hydrogens (primary N) is 1. The Balaban J connectivity index is 2.49. The number of hydrogen-bond acceptors (Lipinski definition) is 3. The van der Waals surface area contributed by atoms with E-state index < -0.39 is 0 Å². The lowest BCUT2D eigenvalue weighted by atomic mass is 10.1. The highest BCUT2D eigenvalue weighted by Gasteiger charge is 2.10. The fraction of sp³-hybridized carbons (Fsp3) is 0.250. The van der Waals surface area contributed by atoms with Crippen LogP contribution < -0.4 is 10.5 Å². The van der Waals surface area contributed by atoms with E-state index in [1.807, 2.05) is 32.0 Å². The molecule has 0 saturated heterocycles. The molecule has 3 N–H and O–H groups in total. The third-order valence-corrected chi connectivity index (χ3v) is 2.66. The highest BCUT2D eigenvalue weighted by molar-refractivity contribution is 5.74. The van der Waals surface area contributed by atoms with E-state index in [1.54, 1.807) is 7.11 Å². The smallest absolute Gasteiger partial charge is 0.121 e. The molecule has 1 aromatic carbocycles. The minimum Gasteiger partial charge on any atom is -0.496 e. The van der Waals surface area contributed by atoms with Gasteiger partial charge in [-0.15, -0.1) is 0 Å². The second kappa shape index (κ2) is 3.89. The summed E-state index contributed by atoms with van der Waals surface area (Å²) < 4.78 is 5.21. The summed E-state index contributed by atoms with van der Waals surface area (Å²) >= 11 is 0. The summed E-state index contributed by atoms with van der Waals surface area (Å²) in [5.74, 6) is 0.870. The van der Waals surface area contributed by atoms with E-state index in [0.29, 0.717) is 5.69 Å². The number of benzene rings is 1. The number of H-pyrrole nitrogens is 1. The first-order chi connectivity index (χ1) is 7.63. The van der Waals surface area contributed by atoms with Crippen molar-refractivity contribution in [3.05, 3.63) is 29.5 Å². The molecule has 0 atom stereocenters. The summed E-state index contributed by atoms with van der Waals surface area (Å²) in [5, 5.41) is 7.07. The fourth-order valence-electron chi connectivity index (χ4n) is 1.68. The summed E-state index contributed by atoms with van der Waals surface area (Å²) in [7, 11) is 1.66. The van der Waals surface area contributed by atoms with Crippen LogP contribution in [0, 0.1) is 13.8 Å². The molecule has 4 heteroatoms. The van der Waals surface area contributed by atoms with Gasteiger partial charge in [-0.2, -0.15) is 5.10 Å². The Labute approximate surface area is 94.4 Å². The average Bonchev–Trinajstić information content (AvgIpc) is 2.60. The van der Waals surface area contributed by atoms with Gasteiger partial charge in [-0.25, -0.2) is 0 Å². The molecule has 0 radical (unpaired) electrons. The first-order valence-corrected chi connectivity index (χ1v) is 5.09. The van der Waals surface area contributed by atoms with Gasteiger partial charge >= 0.3 is 0 Å². The molecule has 2 rings (SSSR count). The number of hydrogen-bond donors (Lipinski definition) is 2. The highest BCUT2D eigenvalue weighted by Crippen LogP contribution is 2.29. The van der Waals surface area contributed by atoms with E-state index in [9.17, 15) is 0 Å². The van der Waals surface area contributed by atoms with Crippen molar-refractivity contribution in [1.82, 2.24) is 10.2 Å². The lowest BCUT2D eigenvalue weighted by molar-refractivity contribution is 0.412. The van der Waals surface area contributed by atoms with E-state index >= 15 is 0 Å². The number of methoxy groups -OCH3 is 1. The van der Waals surface area contributed by atoms with Gasteiger partial charge in [0.2, 0.25) is 0 Å². The number of anilines is 1. The molecule has 0 unspecified atom stereocenters. The van der Waals surface area contributed by atoms with Crippen LogP contribution in [0.1, 0.15) is 11.3 Å². The van der Waals surface area contributed by atoms with Gasteiger partial charge < -0.3 is 10.5 Å². The van der Waals surface area contributed by atoms with Gasteiger partial charge in [0.25, 0.3) is 0 Å². The molecule has 16 heavy (non-hydrogen) atoms. The summed E-state index contributed by atoms with van der Waals surface area (Å²) in [5.41, 5.74) is 10.4. The molecule has 0 bridgehead atoms. The fourth-order valence-corrected chi connectivity index (χ4v) is 1.68. The van der Waals surface area contributed by atoms with Crippen molar-refractivity contribution in [2.75, 3.05) is 12.8 Å². The van der Waals surface area contributed by atoms with Crippen LogP contribution in [-0.4, -0.2) is 17.3 Å². The van der Waals surface area contributed by atoms with Crippen molar-refractivity contribution < 1.29 is 4.74 Å². The zero-order valence-electron chi connectivity index (χ0n) is 9.66. The molecular weight excluding hydrogens is 202 g/mol. The maximum absolute atomic E-state index is 5.93. The quantitative estimate of drug-likeness (QED) is 0.811. The Morgan fingerprint density at radius 3 is 2.56 bits per heavy atom. The second-order valence-corrected chi connectivity index (χ2v) is 3.80. The van der Waals surface area contributed by atoms with Crippen LogP contribution in [0.15, 0.2) is 18.2 Å². The normalized spacial score (nSPS) is 10.4. The predicted molar refractivity (Wildman–Crippen MR) is 64.5 cm³/mol. The van der Waals surface area contributed by atoms with Crippen LogP contribution in [0.25, 0.3) is 11.3 Å². The lowest BCUT2D eigenvalue weighted by Gasteiger charge is -2.06. The number of aromatic amines is 1. The molecule has 84 valence electrons. The number of nitrogen functional groups attached to an aromatic ring is 1. The molecule has 0 aliphatic heterocycles. The van der Waals surface area contributed by atoms with Crippen molar-refractivity contribution >= 4 is 5.69 Å². The van der Waals surface area contributed by atoms with Crippen LogP contribution in [0.5, 0.6) is 5.75 Å². The largest absolute Gasteiger partial charge is 0.496 e. The number of aromatic nitrogens is 2. The number of rotatable bonds is 2. The zero-order valence-corrected chi connectivity index (χ0v) is 9.66. The van der Waals surface area contributed by atoms with Gasteiger partial charge in [-0.1, -0.05) is 0 Å². The van der Waals surface area contributed by atoms with E-state index in [1.165, 1.54) is 0 Å². The molecule has 0 saturated carbocycles. The van der Waals surface area contributed by atoms with Crippen molar-refractivity contribution in [2.45, 2.75) is 13.8 Å². The molecule has 0 spiro atoms. The molecule has 0 aliphatic rings. The van der Waals surface area contributed by atoms with Gasteiger partial charge in [-0.3, -0.25) is 5.10 Å². The number of nitrogens with zero attached hydrogens (tertiary/aromatic N) is 1. The highest BCUT2D eigenvalue weighted by atomic mass is 16.5. The zero-order chi connectivity index (χ0) is 11.7. The average molecular weight is 217 g/mol. The van der Waals surface area contributed by atoms with Crippen LogP contribution in [-0.2, 0) is 0 Å². The maximum Gasteiger partial charge on any atom is 0.121 e. The van der Waals surface area contributed by atoms with Gasteiger partial charge in [-0.05, 0) is 37.6 Å². The maximum atomic E-state index is 5.93. The van der Waals surface area contributed by atoms with Gasteiger partial charge in [0.05, 0.1) is 18.5 Å². The third kappa shape index (κ3) is 1.62. The topological polar surface area (TPSA) is 63.9 Å². The number of nitrogens with one attached hydrogen (secondary N) is 1. The SMILES string of the molecule is COc1ccc(-c2n[nH]c(C)c2N)cc1C. The van der Waals surface area contributed by atoms with E-state index in [-0.39, 0.29) is 0 Å². The first-order valence-electron chi connectivity index (χ1n) is 5.09. The van der Waals surface area contributed by atoms with Crippen molar-refractivity contribution in [3.63, 3.8) is 0 Å². The summed E-state index contributed by atoms with van der Waals surface area (Å²) in [4.78, 5) is 0. The molecule has 1 heterocycles. The monoisotopic (exact) mass is 217 g/mol. The molecular formula is C12H15N3O. The molecule has 0 fully saturated rings. The Kier molecular flexibility index (Phi) is 2.56. The van der Waals surface area contributed by atoms with Crippen LogP contribution in [0.3, 0.4) is 0 Å². The first kappa shape index (κ1) is 10.5. The lowest BCUT2D eigenvalue weighted by Crippen LogP contribution is -1.91. The predicted octanol–water partition coefficient (Wildman–Crippen LogP) is 2.28. The van der Waals surface area contributed by atoms with Crippen LogP contribution >= 0.6 is 0 Å². The molecule has 0 aliphatic carbocycles. The molecule has 4 nitrogen and oxygen atoms in total. The number of ether oxygens (including phenoxy) is 1. The van der Waals surface area contributed by atoms with Crippen LogP contribution in [0.2, 0.25) is 0 Å². The van der Waals surface area contributed by atoms with Crippen molar-refractivity contribution in [1.29, 1.82) is 0 Å². The Morgan fingerprint density at radius 2 is 2.06 bits per heavy atom. The van der Waals surface area contributed by atoms with Crippen molar-refractivity contribution in [3.8, 4) is 17.0 Å². The third-order valence-electron chi connectivity index (χ3n) is 2.66. The van der Waals surface area contributed by atoms with E-state index in [2.05, 4.69) is 10.2 Å². The van der Waals surface area contributed by atoms with Crippen LogP contribution in [0.4, 0.5) is 5.69 Å². The Morgan fingerprint density at radius 1 is 1.31 bits per heavy atom. The van der Waals surface area contributed by atoms with Gasteiger partial charge in [0.15, 0.2) is 0 Å². The summed E-state index contributed by atoms with van der Waals surface area (Å²) in [6.45, 7) is 3.90. The molecule has 0 amide bonds. The second-order valence-electron chi connectivity index (χ2n) is 3.80. The standard InChI is InChI=1S/C12H15N3O/c1-7-6-9(4-5-10(7)16-3)12-11(13)8(2)14-15-12/h4-6H,13H2,1-3H3,(H,14,15). The van der Waals surface area contributed by atoms with Crippen molar-refractivity contribution in [2.24, 2.45) is 0 Å². The Bertz CT molecular complexity index is 517. The minimum absolute atomic E-state index is 0.699. The van der Waals surface area contributed by atoms with E-state index in [4.69, 9.17) is 10.5 Å². The van der Waals surface area contributed by atoms with E-state index in [0.717, 1.165) is 28.3 Å². The molecule has 2 aromatic rings. The summed E-state index contributed by atoms with van der Waals surface area (Å²) in [6.07, 6.45) is 0. The molecule has 1 aromatic heterocycles. The Hall–Kier alpha value is -1.97. The minimum atomic E-state index is 0.699. The summed E-state index contributed by atoms with van der Waals surface area (Å²) in [6, 6.07) is 5.90. The number of aryl methyl sites for hydroxylation is 2. The van der Waals surface area contributed by atoms with Gasteiger partial charge in [0, 0.05) is 5.56 Å². The van der Waals surface area contributed by atoms with Gasteiger partial charge in [0.1, 0.15) is 11.4 Å².